The Kier molecular flexibility index (Phi) is 6.49. The van der Waals surface area contributed by atoms with Crippen molar-refractivity contribution in [3.05, 3.63) is 35.9 Å². The normalized spacial score (nSPS) is 29.0. The minimum absolute atomic E-state index is 0.0294. The van der Waals surface area contributed by atoms with E-state index in [1.807, 2.05) is 6.07 Å². The number of aliphatic hydroxyl groups is 3. The summed E-state index contributed by atoms with van der Waals surface area (Å²) in [7, 11) is 0. The molecule has 1 aromatic rings. The first-order valence-corrected chi connectivity index (χ1v) is 8.09. The molecule has 1 aromatic carbocycles. The number of ether oxygens (including phenoxy) is 2. The molecule has 25 heavy (non-hydrogen) atoms. The highest BCUT2D eigenvalue weighted by Crippen LogP contribution is 2.28. The van der Waals surface area contributed by atoms with Gasteiger partial charge in [-0.25, -0.2) is 4.79 Å². The van der Waals surface area contributed by atoms with Crippen molar-refractivity contribution in [2.45, 2.75) is 43.8 Å². The van der Waals surface area contributed by atoms with Gasteiger partial charge in [0.25, 0.3) is 5.79 Å². The molecule has 0 saturated carbocycles. The van der Waals surface area contributed by atoms with E-state index in [0.29, 0.717) is 0 Å². The molecular weight excluding hydrogens is 330 g/mol. The zero-order chi connectivity index (χ0) is 18.4. The van der Waals surface area contributed by atoms with Gasteiger partial charge in [0.1, 0.15) is 6.10 Å². The predicted octanol–water partition coefficient (Wildman–Crippen LogP) is -0.892. The maximum absolute atomic E-state index is 12.2. The van der Waals surface area contributed by atoms with Crippen LogP contribution in [-0.2, 0) is 25.5 Å². The summed E-state index contributed by atoms with van der Waals surface area (Å²) in [6, 6.07) is 8.05. The molecule has 8 heteroatoms. The molecule has 4 N–H and O–H groups in total. The van der Waals surface area contributed by atoms with Gasteiger partial charge < -0.3 is 30.1 Å². The van der Waals surface area contributed by atoms with Crippen LogP contribution in [0.5, 0.6) is 0 Å². The van der Waals surface area contributed by atoms with Crippen molar-refractivity contribution in [2.75, 3.05) is 13.2 Å². The number of esters is 1. The van der Waals surface area contributed by atoms with Gasteiger partial charge in [0.05, 0.1) is 31.8 Å². The third kappa shape index (κ3) is 4.76. The van der Waals surface area contributed by atoms with Gasteiger partial charge in [-0.2, -0.15) is 0 Å². The predicted molar refractivity (Wildman–Crippen MR) is 86.2 cm³/mol. The zero-order valence-corrected chi connectivity index (χ0v) is 13.9. The zero-order valence-electron chi connectivity index (χ0n) is 13.9. The molecule has 1 fully saturated rings. The minimum atomic E-state index is -2.36. The van der Waals surface area contributed by atoms with E-state index in [2.05, 4.69) is 5.32 Å². The third-order valence-electron chi connectivity index (χ3n) is 3.96. The van der Waals surface area contributed by atoms with Crippen LogP contribution in [0.4, 0.5) is 0 Å². The molecular formula is C17H23NO7. The smallest absolute Gasteiger partial charge is 0.366 e. The summed E-state index contributed by atoms with van der Waals surface area (Å²) in [5.41, 5.74) is 0.787. The molecule has 0 aliphatic carbocycles. The number of nitrogens with one attached hydrogen (secondary N) is 1. The molecule has 1 aliphatic heterocycles. The SMILES string of the molecule is CCOC(=O)C1(O)C[C@H](O)[C@@H](NC(=O)Cc2ccccc2)[C@H](CO)O1. The maximum Gasteiger partial charge on any atom is 0.366 e. The lowest BCUT2D eigenvalue weighted by atomic mass is 9.93. The van der Waals surface area contributed by atoms with Crippen molar-refractivity contribution < 1.29 is 34.4 Å². The van der Waals surface area contributed by atoms with Crippen molar-refractivity contribution in [1.29, 1.82) is 0 Å². The molecule has 1 heterocycles. The van der Waals surface area contributed by atoms with Gasteiger partial charge in [-0.1, -0.05) is 30.3 Å². The van der Waals surface area contributed by atoms with Crippen molar-refractivity contribution in [3.8, 4) is 0 Å². The summed E-state index contributed by atoms with van der Waals surface area (Å²) < 4.78 is 9.95. The van der Waals surface area contributed by atoms with Crippen LogP contribution in [0.3, 0.4) is 0 Å². The van der Waals surface area contributed by atoms with E-state index in [1.165, 1.54) is 0 Å². The average molecular weight is 353 g/mol. The lowest BCUT2D eigenvalue weighted by Gasteiger charge is -2.42. The van der Waals surface area contributed by atoms with Gasteiger partial charge in [0.15, 0.2) is 0 Å². The van der Waals surface area contributed by atoms with Crippen molar-refractivity contribution in [2.24, 2.45) is 0 Å². The molecule has 0 spiro atoms. The standard InChI is InChI=1S/C17H23NO7/c1-2-24-16(22)17(23)9-12(20)15(13(10-19)25-17)18-14(21)8-11-6-4-3-5-7-11/h3-7,12-13,15,19-20,23H,2,8-10H2,1H3,(H,18,21)/t12-,13-,15+,17?/m0/s1. The molecule has 138 valence electrons. The Balaban J connectivity index is 2.03. The first kappa shape index (κ1) is 19.3. The van der Waals surface area contributed by atoms with Crippen LogP contribution in [0.1, 0.15) is 18.9 Å². The Morgan fingerprint density at radius 3 is 2.64 bits per heavy atom. The van der Waals surface area contributed by atoms with Crippen LogP contribution in [0.2, 0.25) is 0 Å². The van der Waals surface area contributed by atoms with E-state index in [-0.39, 0.29) is 18.9 Å². The van der Waals surface area contributed by atoms with E-state index >= 15 is 0 Å². The number of hydrogen-bond acceptors (Lipinski definition) is 7. The van der Waals surface area contributed by atoms with Gasteiger partial charge in [-0.05, 0) is 12.5 Å². The van der Waals surface area contributed by atoms with E-state index in [1.54, 1.807) is 31.2 Å². The van der Waals surface area contributed by atoms with Crippen LogP contribution < -0.4 is 5.32 Å². The Morgan fingerprint density at radius 1 is 1.36 bits per heavy atom. The van der Waals surface area contributed by atoms with Gasteiger partial charge >= 0.3 is 5.97 Å². The van der Waals surface area contributed by atoms with Gasteiger partial charge in [0, 0.05) is 6.42 Å². The highest BCUT2D eigenvalue weighted by atomic mass is 16.7. The number of benzene rings is 1. The van der Waals surface area contributed by atoms with Crippen LogP contribution >= 0.6 is 0 Å². The van der Waals surface area contributed by atoms with Crippen molar-refractivity contribution in [3.63, 3.8) is 0 Å². The largest absolute Gasteiger partial charge is 0.462 e. The monoisotopic (exact) mass is 353 g/mol. The van der Waals surface area contributed by atoms with E-state index in [9.17, 15) is 24.9 Å². The topological polar surface area (TPSA) is 125 Å². The van der Waals surface area contributed by atoms with Gasteiger partial charge in [-0.3, -0.25) is 4.79 Å². The second-order valence-corrected chi connectivity index (χ2v) is 5.87. The number of aliphatic hydroxyl groups excluding tert-OH is 2. The molecule has 0 radical (unpaired) electrons. The second-order valence-electron chi connectivity index (χ2n) is 5.87. The Morgan fingerprint density at radius 2 is 2.04 bits per heavy atom. The van der Waals surface area contributed by atoms with Crippen LogP contribution in [-0.4, -0.2) is 64.4 Å². The highest BCUT2D eigenvalue weighted by Gasteiger charge is 2.51. The fourth-order valence-electron chi connectivity index (χ4n) is 2.76. The van der Waals surface area contributed by atoms with Crippen LogP contribution in [0.15, 0.2) is 30.3 Å². The summed E-state index contributed by atoms with van der Waals surface area (Å²) in [6.07, 6.45) is -2.83. The number of carbonyl (C=O) groups is 2. The molecule has 1 aliphatic rings. The number of rotatable bonds is 6. The maximum atomic E-state index is 12.2. The summed E-state index contributed by atoms with van der Waals surface area (Å²) in [5.74, 6) is -3.77. The first-order valence-electron chi connectivity index (χ1n) is 8.09. The highest BCUT2D eigenvalue weighted by molar-refractivity contribution is 5.79. The van der Waals surface area contributed by atoms with Crippen LogP contribution in [0, 0.1) is 0 Å². The molecule has 1 saturated heterocycles. The lowest BCUT2D eigenvalue weighted by molar-refractivity contribution is -0.283. The van der Waals surface area contributed by atoms with Gasteiger partial charge in [0.2, 0.25) is 5.91 Å². The fourth-order valence-corrected chi connectivity index (χ4v) is 2.76. The fraction of sp³-hybridized carbons (Fsp3) is 0.529. The molecule has 1 unspecified atom stereocenters. The second kappa shape index (κ2) is 8.39. The quantitative estimate of drug-likeness (QED) is 0.489. The molecule has 8 nitrogen and oxygen atoms in total. The number of hydrogen-bond donors (Lipinski definition) is 4. The number of amides is 1. The Bertz CT molecular complexity index is 594. The average Bonchev–Trinajstić information content (AvgIpc) is 2.58. The lowest BCUT2D eigenvalue weighted by Crippen LogP contribution is -2.64. The summed E-state index contributed by atoms with van der Waals surface area (Å²) in [5, 5.41) is 32.6. The summed E-state index contributed by atoms with van der Waals surface area (Å²) in [6.45, 7) is 0.993. The van der Waals surface area contributed by atoms with E-state index in [0.717, 1.165) is 5.56 Å². The third-order valence-corrected chi connectivity index (χ3v) is 3.96. The molecule has 2 rings (SSSR count). The van der Waals surface area contributed by atoms with Crippen molar-refractivity contribution in [1.82, 2.24) is 5.32 Å². The van der Waals surface area contributed by atoms with E-state index in [4.69, 9.17) is 9.47 Å². The summed E-state index contributed by atoms with van der Waals surface area (Å²) in [4.78, 5) is 24.0. The number of carbonyl (C=O) groups excluding carboxylic acids is 2. The molecule has 1 amide bonds. The molecule has 0 bridgehead atoms. The minimum Gasteiger partial charge on any atom is -0.462 e. The van der Waals surface area contributed by atoms with E-state index < -0.39 is 43.0 Å². The first-order chi connectivity index (χ1) is 11.9. The van der Waals surface area contributed by atoms with Gasteiger partial charge in [-0.15, -0.1) is 0 Å². The molecule has 4 atom stereocenters. The van der Waals surface area contributed by atoms with Crippen LogP contribution in [0.25, 0.3) is 0 Å². The molecule has 0 aromatic heterocycles. The summed E-state index contributed by atoms with van der Waals surface area (Å²) >= 11 is 0. The van der Waals surface area contributed by atoms with Crippen molar-refractivity contribution >= 4 is 11.9 Å². The Hall–Kier alpha value is -2.00. The Labute approximate surface area is 145 Å².